The second-order valence-electron chi connectivity index (χ2n) is 3.97. The molecule has 0 atom stereocenters. The van der Waals surface area contributed by atoms with Gasteiger partial charge in [-0.05, 0) is 24.3 Å². The lowest BCUT2D eigenvalue weighted by Crippen LogP contribution is -2.28. The third-order valence-electron chi connectivity index (χ3n) is 2.14. The minimum Gasteiger partial charge on any atom is -0.383 e. The summed E-state index contributed by atoms with van der Waals surface area (Å²) in [7, 11) is 1.60. The molecule has 0 aliphatic heterocycles. The fourth-order valence-corrected chi connectivity index (χ4v) is 2.05. The molecule has 0 bridgehead atoms. The highest BCUT2D eigenvalue weighted by atomic mass is 32.2. The van der Waals surface area contributed by atoms with Gasteiger partial charge in [-0.2, -0.15) is 0 Å². The van der Waals surface area contributed by atoms with Crippen molar-refractivity contribution in [1.82, 2.24) is 25.5 Å². The minimum atomic E-state index is 0.000575. The second kappa shape index (κ2) is 8.04. The van der Waals surface area contributed by atoms with E-state index in [0.717, 1.165) is 5.82 Å². The number of carbonyl (C=O) groups excluding carboxylic acids is 1. The molecule has 0 unspecified atom stereocenters. The summed E-state index contributed by atoms with van der Waals surface area (Å²) in [4.78, 5) is 11.4. The number of tetrazole rings is 1. The number of rotatable bonds is 8. The molecule has 0 aliphatic rings. The highest BCUT2D eigenvalue weighted by Gasteiger charge is 2.09. The average molecular weight is 273 g/mol. The van der Waals surface area contributed by atoms with Crippen molar-refractivity contribution in [3.05, 3.63) is 5.82 Å². The highest BCUT2D eigenvalue weighted by molar-refractivity contribution is 7.99. The van der Waals surface area contributed by atoms with Crippen LogP contribution in [0.3, 0.4) is 0 Å². The molecule has 0 radical (unpaired) electrons. The van der Waals surface area contributed by atoms with E-state index < -0.39 is 0 Å². The Hall–Kier alpha value is -1.15. The predicted octanol–water partition coefficient (Wildman–Crippen LogP) is 0.250. The first kappa shape index (κ1) is 14.9. The number of carbonyl (C=O) groups is 1. The summed E-state index contributed by atoms with van der Waals surface area (Å²) in [6.07, 6.45) is 0. The summed E-state index contributed by atoms with van der Waals surface area (Å²) in [6, 6.07) is 0.228. The number of nitrogens with zero attached hydrogens (tertiary/aromatic N) is 4. The maximum absolute atomic E-state index is 11.4. The van der Waals surface area contributed by atoms with Gasteiger partial charge in [-0.3, -0.25) is 4.79 Å². The van der Waals surface area contributed by atoms with E-state index in [0.29, 0.717) is 24.7 Å². The number of thioether (sulfide) groups is 1. The molecule has 1 amide bonds. The molecular weight excluding hydrogens is 254 g/mol. The Labute approximate surface area is 111 Å². The van der Waals surface area contributed by atoms with Gasteiger partial charge in [0.2, 0.25) is 5.91 Å². The molecule has 0 aliphatic carbocycles. The van der Waals surface area contributed by atoms with Gasteiger partial charge < -0.3 is 10.1 Å². The largest absolute Gasteiger partial charge is 0.383 e. The number of aromatic nitrogens is 4. The molecule has 1 N–H and O–H groups in total. The molecule has 7 nitrogen and oxygen atoms in total. The van der Waals surface area contributed by atoms with Crippen LogP contribution in [-0.4, -0.2) is 52.1 Å². The predicted molar refractivity (Wildman–Crippen MR) is 69.2 cm³/mol. The second-order valence-corrected chi connectivity index (χ2v) is 4.95. The maximum Gasteiger partial charge on any atom is 0.230 e. The SMILES string of the molecule is COCCNC(=O)CSCc1nnnn1C(C)C. The minimum absolute atomic E-state index is 0.000575. The van der Waals surface area contributed by atoms with Crippen molar-refractivity contribution in [1.29, 1.82) is 0 Å². The van der Waals surface area contributed by atoms with Crippen molar-refractivity contribution < 1.29 is 9.53 Å². The first-order valence-electron chi connectivity index (χ1n) is 5.75. The standard InChI is InChI=1S/C10H19N5O2S/c1-8(2)15-9(12-13-14-15)6-18-7-10(16)11-4-5-17-3/h8H,4-7H2,1-3H3,(H,11,16). The zero-order valence-corrected chi connectivity index (χ0v) is 11.7. The lowest BCUT2D eigenvalue weighted by Gasteiger charge is -2.07. The van der Waals surface area contributed by atoms with Crippen molar-refractivity contribution >= 4 is 17.7 Å². The van der Waals surface area contributed by atoms with Crippen LogP contribution in [0.5, 0.6) is 0 Å². The molecule has 0 fully saturated rings. The Morgan fingerprint density at radius 1 is 1.56 bits per heavy atom. The van der Waals surface area contributed by atoms with Crippen molar-refractivity contribution in [2.45, 2.75) is 25.6 Å². The molecule has 1 aromatic heterocycles. The van der Waals surface area contributed by atoms with Crippen molar-refractivity contribution in [2.75, 3.05) is 26.0 Å². The Kier molecular flexibility index (Phi) is 6.66. The van der Waals surface area contributed by atoms with Crippen LogP contribution in [-0.2, 0) is 15.3 Å². The van der Waals surface area contributed by atoms with Gasteiger partial charge in [0.05, 0.1) is 24.2 Å². The monoisotopic (exact) mass is 273 g/mol. The van der Waals surface area contributed by atoms with Crippen LogP contribution in [0.1, 0.15) is 25.7 Å². The average Bonchev–Trinajstić information content (AvgIpc) is 2.78. The molecule has 0 saturated heterocycles. The number of hydrogen-bond acceptors (Lipinski definition) is 6. The Morgan fingerprint density at radius 3 is 3.00 bits per heavy atom. The lowest BCUT2D eigenvalue weighted by molar-refractivity contribution is -0.118. The van der Waals surface area contributed by atoms with Crippen LogP contribution in [0, 0.1) is 0 Å². The van der Waals surface area contributed by atoms with Gasteiger partial charge in [0.1, 0.15) is 0 Å². The Bertz CT molecular complexity index is 369. The van der Waals surface area contributed by atoms with E-state index in [4.69, 9.17) is 4.74 Å². The molecule has 1 heterocycles. The molecule has 1 rings (SSSR count). The summed E-state index contributed by atoms with van der Waals surface area (Å²) < 4.78 is 6.61. The van der Waals surface area contributed by atoms with E-state index in [1.54, 1.807) is 11.8 Å². The Morgan fingerprint density at radius 2 is 2.33 bits per heavy atom. The zero-order chi connectivity index (χ0) is 13.4. The van der Waals surface area contributed by atoms with Gasteiger partial charge in [0.25, 0.3) is 0 Å². The van der Waals surface area contributed by atoms with Gasteiger partial charge in [0.15, 0.2) is 5.82 Å². The molecule has 1 aromatic rings. The van der Waals surface area contributed by atoms with Gasteiger partial charge >= 0.3 is 0 Å². The van der Waals surface area contributed by atoms with E-state index in [1.165, 1.54) is 11.8 Å². The number of hydrogen-bond donors (Lipinski definition) is 1. The quantitative estimate of drug-likeness (QED) is 0.684. The van der Waals surface area contributed by atoms with Crippen LogP contribution in [0.2, 0.25) is 0 Å². The first-order chi connectivity index (χ1) is 8.65. The van der Waals surface area contributed by atoms with E-state index in [-0.39, 0.29) is 11.9 Å². The molecule has 8 heteroatoms. The molecule has 102 valence electrons. The summed E-state index contributed by atoms with van der Waals surface area (Å²) in [5, 5.41) is 14.2. The number of methoxy groups -OCH3 is 1. The zero-order valence-electron chi connectivity index (χ0n) is 10.9. The summed E-state index contributed by atoms with van der Waals surface area (Å²) >= 11 is 1.49. The third-order valence-corrected chi connectivity index (χ3v) is 3.07. The molecular formula is C10H19N5O2S. The van der Waals surface area contributed by atoms with E-state index >= 15 is 0 Å². The van der Waals surface area contributed by atoms with Crippen molar-refractivity contribution in [3.8, 4) is 0 Å². The summed E-state index contributed by atoms with van der Waals surface area (Å²) in [5.41, 5.74) is 0. The van der Waals surface area contributed by atoms with Crippen molar-refractivity contribution in [3.63, 3.8) is 0 Å². The molecule has 18 heavy (non-hydrogen) atoms. The molecule has 0 spiro atoms. The molecule has 0 aromatic carbocycles. The van der Waals surface area contributed by atoms with Gasteiger partial charge in [-0.1, -0.05) is 0 Å². The van der Waals surface area contributed by atoms with Crippen LogP contribution in [0.4, 0.5) is 0 Å². The smallest absolute Gasteiger partial charge is 0.230 e. The van der Waals surface area contributed by atoms with Crippen LogP contribution in [0.15, 0.2) is 0 Å². The number of ether oxygens (including phenoxy) is 1. The van der Waals surface area contributed by atoms with Crippen molar-refractivity contribution in [2.24, 2.45) is 0 Å². The van der Waals surface area contributed by atoms with Crippen LogP contribution in [0.25, 0.3) is 0 Å². The molecule has 0 saturated carbocycles. The first-order valence-corrected chi connectivity index (χ1v) is 6.90. The van der Waals surface area contributed by atoms with E-state index in [1.807, 2.05) is 13.8 Å². The van der Waals surface area contributed by atoms with E-state index in [2.05, 4.69) is 20.8 Å². The van der Waals surface area contributed by atoms with Gasteiger partial charge in [0, 0.05) is 13.7 Å². The number of nitrogens with one attached hydrogen (secondary N) is 1. The van der Waals surface area contributed by atoms with Crippen LogP contribution < -0.4 is 5.32 Å². The third kappa shape index (κ3) is 5.01. The van der Waals surface area contributed by atoms with Gasteiger partial charge in [-0.25, -0.2) is 4.68 Å². The van der Waals surface area contributed by atoms with E-state index in [9.17, 15) is 4.79 Å². The maximum atomic E-state index is 11.4. The topological polar surface area (TPSA) is 81.9 Å². The van der Waals surface area contributed by atoms with Crippen LogP contribution >= 0.6 is 11.8 Å². The lowest BCUT2D eigenvalue weighted by atomic mass is 10.4. The summed E-state index contributed by atoms with van der Waals surface area (Å²) in [6.45, 7) is 5.10. The Balaban J connectivity index is 2.24. The highest BCUT2D eigenvalue weighted by Crippen LogP contribution is 2.11. The normalized spacial score (nSPS) is 10.9. The summed E-state index contributed by atoms with van der Waals surface area (Å²) in [5.74, 6) is 1.82. The number of amides is 1. The fourth-order valence-electron chi connectivity index (χ4n) is 1.29. The fraction of sp³-hybridized carbons (Fsp3) is 0.800. The van der Waals surface area contributed by atoms with Gasteiger partial charge in [-0.15, -0.1) is 16.9 Å².